The Morgan fingerprint density at radius 2 is 2.07 bits per heavy atom. The zero-order chi connectivity index (χ0) is 10.4. The Morgan fingerprint density at radius 1 is 1.43 bits per heavy atom. The average molecular weight is 201 g/mol. The molecule has 1 saturated heterocycles. The van der Waals surface area contributed by atoms with Crippen LogP contribution in [0.5, 0.6) is 0 Å². The van der Waals surface area contributed by atoms with Crippen LogP contribution in [0, 0.1) is 0 Å². The van der Waals surface area contributed by atoms with Gasteiger partial charge in [-0.3, -0.25) is 0 Å². The summed E-state index contributed by atoms with van der Waals surface area (Å²) in [4.78, 5) is 13.3. The van der Waals surface area contributed by atoms with E-state index in [0.29, 0.717) is 6.61 Å². The Labute approximate surface area is 85.2 Å². The van der Waals surface area contributed by atoms with Gasteiger partial charge in [0, 0.05) is 13.1 Å². The molecule has 1 heterocycles. The van der Waals surface area contributed by atoms with E-state index in [9.17, 15) is 4.79 Å². The van der Waals surface area contributed by atoms with Gasteiger partial charge in [0.05, 0.1) is 12.7 Å². The van der Waals surface area contributed by atoms with Crippen LogP contribution in [0.1, 0.15) is 19.8 Å². The van der Waals surface area contributed by atoms with Gasteiger partial charge in [0.15, 0.2) is 0 Å². The molecule has 0 saturated carbocycles. The zero-order valence-corrected chi connectivity index (χ0v) is 8.99. The van der Waals surface area contributed by atoms with Crippen LogP contribution in [0.2, 0.25) is 0 Å². The van der Waals surface area contributed by atoms with Gasteiger partial charge in [-0.1, -0.05) is 0 Å². The number of rotatable bonds is 4. The Balaban J connectivity index is 2.09. The molecule has 0 N–H and O–H groups in total. The third-order valence-corrected chi connectivity index (χ3v) is 2.41. The van der Waals surface area contributed by atoms with Gasteiger partial charge < -0.3 is 14.4 Å². The molecule has 1 aliphatic rings. The van der Waals surface area contributed by atoms with E-state index in [1.807, 2.05) is 0 Å². The summed E-state index contributed by atoms with van der Waals surface area (Å²) in [6.45, 7) is 4.42. The molecule has 0 unspecified atom stereocenters. The summed E-state index contributed by atoms with van der Waals surface area (Å²) in [5, 5.41) is 0. The molecule has 0 aromatic carbocycles. The molecular weight excluding hydrogens is 182 g/mol. The van der Waals surface area contributed by atoms with E-state index in [0.717, 1.165) is 25.9 Å². The Bertz CT molecular complexity index is 176. The van der Waals surface area contributed by atoms with Crippen molar-refractivity contribution in [3.63, 3.8) is 0 Å². The van der Waals surface area contributed by atoms with Crippen molar-refractivity contribution in [3.05, 3.63) is 0 Å². The predicted molar refractivity (Wildman–Crippen MR) is 53.1 cm³/mol. The lowest BCUT2D eigenvalue weighted by molar-refractivity contribution is -0.151. The summed E-state index contributed by atoms with van der Waals surface area (Å²) in [5.74, 6) is -0.258. The first-order chi connectivity index (χ1) is 6.72. The molecule has 0 radical (unpaired) electrons. The van der Waals surface area contributed by atoms with Gasteiger partial charge in [-0.15, -0.1) is 0 Å². The molecule has 4 nitrogen and oxygen atoms in total. The number of likely N-dealkylation sites (tertiary alicyclic amines) is 1. The highest BCUT2D eigenvalue weighted by Crippen LogP contribution is 2.11. The maximum absolute atomic E-state index is 11.0. The lowest BCUT2D eigenvalue weighted by Gasteiger charge is -2.28. The van der Waals surface area contributed by atoms with Crippen molar-refractivity contribution in [3.8, 4) is 0 Å². The van der Waals surface area contributed by atoms with Crippen LogP contribution in [0.3, 0.4) is 0 Å². The van der Waals surface area contributed by atoms with E-state index < -0.39 is 0 Å². The zero-order valence-electron chi connectivity index (χ0n) is 8.99. The second-order valence-corrected chi connectivity index (χ2v) is 3.62. The third-order valence-electron chi connectivity index (χ3n) is 2.41. The molecule has 1 aliphatic heterocycles. The number of hydrogen-bond donors (Lipinski definition) is 0. The first kappa shape index (κ1) is 11.5. The molecule has 0 aliphatic carbocycles. The minimum absolute atomic E-state index is 0.0994. The second-order valence-electron chi connectivity index (χ2n) is 3.62. The average Bonchev–Trinajstić information content (AvgIpc) is 2.17. The lowest BCUT2D eigenvalue weighted by atomic mass is 10.1. The van der Waals surface area contributed by atoms with Crippen LogP contribution in [-0.2, 0) is 14.3 Å². The number of nitrogens with zero attached hydrogens (tertiary/aromatic N) is 1. The summed E-state index contributed by atoms with van der Waals surface area (Å²) >= 11 is 0. The topological polar surface area (TPSA) is 38.8 Å². The number of piperidine rings is 1. The third kappa shape index (κ3) is 4.07. The SMILES string of the molecule is CCOC(=O)COC1CCN(C)CC1. The van der Waals surface area contributed by atoms with E-state index in [1.165, 1.54) is 0 Å². The van der Waals surface area contributed by atoms with Crippen molar-refractivity contribution in [1.29, 1.82) is 0 Å². The number of ether oxygens (including phenoxy) is 2. The van der Waals surface area contributed by atoms with Crippen LogP contribution in [-0.4, -0.2) is 50.3 Å². The maximum atomic E-state index is 11.0. The van der Waals surface area contributed by atoms with E-state index in [4.69, 9.17) is 9.47 Å². The highest BCUT2D eigenvalue weighted by molar-refractivity contribution is 5.70. The van der Waals surface area contributed by atoms with Gasteiger partial charge in [0.2, 0.25) is 0 Å². The Morgan fingerprint density at radius 3 is 2.64 bits per heavy atom. The molecule has 0 aromatic rings. The van der Waals surface area contributed by atoms with Gasteiger partial charge in [-0.25, -0.2) is 4.79 Å². The van der Waals surface area contributed by atoms with E-state index in [1.54, 1.807) is 6.92 Å². The normalized spacial score (nSPS) is 19.6. The lowest BCUT2D eigenvalue weighted by Crippen LogP contribution is -2.35. The monoisotopic (exact) mass is 201 g/mol. The fraction of sp³-hybridized carbons (Fsp3) is 0.900. The summed E-state index contributed by atoms with van der Waals surface area (Å²) < 4.78 is 10.2. The number of esters is 1. The molecule has 0 amide bonds. The molecule has 0 atom stereocenters. The van der Waals surface area contributed by atoms with Crippen molar-refractivity contribution < 1.29 is 14.3 Å². The minimum atomic E-state index is -0.258. The van der Waals surface area contributed by atoms with Gasteiger partial charge in [0.1, 0.15) is 6.61 Å². The van der Waals surface area contributed by atoms with Crippen LogP contribution in [0.25, 0.3) is 0 Å². The molecule has 0 bridgehead atoms. The Kier molecular flexibility index (Phi) is 4.90. The number of hydrogen-bond acceptors (Lipinski definition) is 4. The standard InChI is InChI=1S/C10H19NO3/c1-3-13-10(12)8-14-9-4-6-11(2)7-5-9/h9H,3-8H2,1-2H3. The minimum Gasteiger partial charge on any atom is -0.464 e. The quantitative estimate of drug-likeness (QED) is 0.626. The van der Waals surface area contributed by atoms with Crippen LogP contribution in [0.15, 0.2) is 0 Å². The summed E-state index contributed by atoms with van der Waals surface area (Å²) in [7, 11) is 2.10. The maximum Gasteiger partial charge on any atom is 0.332 e. The van der Waals surface area contributed by atoms with Gasteiger partial charge >= 0.3 is 5.97 Å². The molecule has 0 spiro atoms. The first-order valence-electron chi connectivity index (χ1n) is 5.18. The van der Waals surface area contributed by atoms with Crippen LogP contribution < -0.4 is 0 Å². The Hall–Kier alpha value is -0.610. The van der Waals surface area contributed by atoms with Crippen molar-refractivity contribution in [1.82, 2.24) is 4.90 Å². The molecule has 82 valence electrons. The van der Waals surface area contributed by atoms with Crippen LogP contribution >= 0.6 is 0 Å². The van der Waals surface area contributed by atoms with Gasteiger partial charge in [-0.2, -0.15) is 0 Å². The van der Waals surface area contributed by atoms with E-state index >= 15 is 0 Å². The van der Waals surface area contributed by atoms with Gasteiger partial charge in [0.25, 0.3) is 0 Å². The van der Waals surface area contributed by atoms with E-state index in [-0.39, 0.29) is 18.7 Å². The van der Waals surface area contributed by atoms with Crippen molar-refractivity contribution in [2.75, 3.05) is 33.4 Å². The number of carbonyl (C=O) groups excluding carboxylic acids is 1. The largest absolute Gasteiger partial charge is 0.464 e. The van der Waals surface area contributed by atoms with Gasteiger partial charge in [-0.05, 0) is 26.8 Å². The van der Waals surface area contributed by atoms with Crippen molar-refractivity contribution in [2.24, 2.45) is 0 Å². The molecule has 14 heavy (non-hydrogen) atoms. The molecule has 4 heteroatoms. The summed E-state index contributed by atoms with van der Waals surface area (Å²) in [5.41, 5.74) is 0. The molecule has 1 fully saturated rings. The molecule has 0 aromatic heterocycles. The predicted octanol–water partition coefficient (Wildman–Crippen LogP) is 0.660. The van der Waals surface area contributed by atoms with E-state index in [2.05, 4.69) is 11.9 Å². The first-order valence-corrected chi connectivity index (χ1v) is 5.18. The highest BCUT2D eigenvalue weighted by Gasteiger charge is 2.18. The molecular formula is C10H19NO3. The smallest absolute Gasteiger partial charge is 0.332 e. The highest BCUT2D eigenvalue weighted by atomic mass is 16.6. The second kappa shape index (κ2) is 5.98. The summed E-state index contributed by atoms with van der Waals surface area (Å²) in [6, 6.07) is 0. The van der Waals surface area contributed by atoms with Crippen LogP contribution in [0.4, 0.5) is 0 Å². The number of carbonyl (C=O) groups is 1. The fourth-order valence-electron chi connectivity index (χ4n) is 1.54. The summed E-state index contributed by atoms with van der Waals surface area (Å²) in [6.07, 6.45) is 2.25. The fourth-order valence-corrected chi connectivity index (χ4v) is 1.54. The van der Waals surface area contributed by atoms with Crippen molar-refractivity contribution >= 4 is 5.97 Å². The van der Waals surface area contributed by atoms with Crippen molar-refractivity contribution in [2.45, 2.75) is 25.9 Å². The molecule has 1 rings (SSSR count).